The zero-order valence-corrected chi connectivity index (χ0v) is 13.0. The molecule has 2 aliphatic rings. The van der Waals surface area contributed by atoms with Crippen LogP contribution in [0.15, 0.2) is 34.8 Å². The Bertz CT molecular complexity index is 596. The molecule has 1 aromatic rings. The number of aliphatic carboxylic acids is 1. The highest BCUT2D eigenvalue weighted by Crippen LogP contribution is 2.41. The highest BCUT2D eigenvalue weighted by atomic mass is 79.9. The number of carbonyl (C=O) groups is 2. The molecule has 2 bridgehead atoms. The minimum atomic E-state index is -0.781. The van der Waals surface area contributed by atoms with Crippen LogP contribution in [0, 0.1) is 5.92 Å². The summed E-state index contributed by atoms with van der Waals surface area (Å²) in [5.41, 5.74) is 0.952. The number of halogens is 1. The summed E-state index contributed by atoms with van der Waals surface area (Å²) in [5, 5.41) is 9.21. The summed E-state index contributed by atoms with van der Waals surface area (Å²) >= 11 is 3.37. The topological polar surface area (TPSA) is 57.6 Å². The van der Waals surface area contributed by atoms with Gasteiger partial charge < -0.3 is 10.0 Å². The summed E-state index contributed by atoms with van der Waals surface area (Å²) in [6.07, 6.45) is 5.66. The van der Waals surface area contributed by atoms with Gasteiger partial charge in [0.15, 0.2) is 0 Å². The molecule has 0 saturated carbocycles. The zero-order valence-electron chi connectivity index (χ0n) is 11.4. The van der Waals surface area contributed by atoms with Gasteiger partial charge in [-0.2, -0.15) is 0 Å². The Hall–Kier alpha value is -1.62. The lowest BCUT2D eigenvalue weighted by molar-refractivity contribution is -0.143. The van der Waals surface area contributed by atoms with Crippen molar-refractivity contribution in [3.8, 4) is 0 Å². The molecule has 3 unspecified atom stereocenters. The molecule has 2 heterocycles. The summed E-state index contributed by atoms with van der Waals surface area (Å²) in [6, 6.07) is 7.65. The minimum absolute atomic E-state index is 0.0748. The molecule has 5 heteroatoms. The lowest BCUT2D eigenvalue weighted by Crippen LogP contribution is -2.36. The van der Waals surface area contributed by atoms with Crippen molar-refractivity contribution in [2.24, 2.45) is 5.92 Å². The molecule has 2 saturated heterocycles. The van der Waals surface area contributed by atoms with E-state index in [2.05, 4.69) is 15.9 Å². The van der Waals surface area contributed by atoms with Gasteiger partial charge in [0.2, 0.25) is 5.91 Å². The van der Waals surface area contributed by atoms with Crippen molar-refractivity contribution in [2.75, 3.05) is 0 Å². The van der Waals surface area contributed by atoms with Gasteiger partial charge in [-0.05, 0) is 43.0 Å². The van der Waals surface area contributed by atoms with Crippen molar-refractivity contribution < 1.29 is 14.7 Å². The van der Waals surface area contributed by atoms with E-state index < -0.39 is 11.9 Å². The maximum absolute atomic E-state index is 12.4. The smallest absolute Gasteiger partial charge is 0.308 e. The van der Waals surface area contributed by atoms with E-state index >= 15 is 0 Å². The first-order valence-corrected chi connectivity index (χ1v) is 7.84. The van der Waals surface area contributed by atoms with Gasteiger partial charge in [-0.1, -0.05) is 28.1 Å². The first-order chi connectivity index (χ1) is 10.1. The minimum Gasteiger partial charge on any atom is -0.481 e. The van der Waals surface area contributed by atoms with Crippen molar-refractivity contribution in [3.05, 3.63) is 40.4 Å². The van der Waals surface area contributed by atoms with Gasteiger partial charge in [-0.25, -0.2) is 0 Å². The Balaban J connectivity index is 1.71. The highest BCUT2D eigenvalue weighted by molar-refractivity contribution is 9.10. The van der Waals surface area contributed by atoms with Crippen LogP contribution in [0.2, 0.25) is 0 Å². The van der Waals surface area contributed by atoms with Crippen molar-refractivity contribution >= 4 is 33.9 Å². The quantitative estimate of drug-likeness (QED) is 0.853. The van der Waals surface area contributed by atoms with E-state index in [0.29, 0.717) is 6.42 Å². The summed E-state index contributed by atoms with van der Waals surface area (Å²) in [4.78, 5) is 25.3. The Labute approximate surface area is 131 Å². The number of nitrogens with zero attached hydrogens (tertiary/aromatic N) is 1. The molecule has 2 aliphatic heterocycles. The van der Waals surface area contributed by atoms with Crippen LogP contribution in [0.5, 0.6) is 0 Å². The third-order valence-corrected chi connectivity index (χ3v) is 4.93. The fraction of sp³-hybridized carbons (Fsp3) is 0.375. The van der Waals surface area contributed by atoms with Crippen LogP contribution < -0.4 is 0 Å². The summed E-state index contributed by atoms with van der Waals surface area (Å²) in [6.45, 7) is 0. The largest absolute Gasteiger partial charge is 0.481 e. The molecule has 0 aliphatic carbocycles. The lowest BCUT2D eigenvalue weighted by atomic mass is 9.89. The van der Waals surface area contributed by atoms with Crippen molar-refractivity contribution in [1.82, 2.24) is 4.90 Å². The molecular weight excluding hydrogens is 334 g/mol. The van der Waals surface area contributed by atoms with Crippen LogP contribution in [-0.4, -0.2) is 34.0 Å². The molecule has 3 rings (SSSR count). The molecule has 2 fully saturated rings. The number of carbonyl (C=O) groups excluding carboxylic acids is 1. The van der Waals surface area contributed by atoms with Crippen LogP contribution in [0.3, 0.4) is 0 Å². The number of carboxylic acids is 1. The highest BCUT2D eigenvalue weighted by Gasteiger charge is 2.50. The Kier molecular flexibility index (Phi) is 3.85. The molecule has 21 heavy (non-hydrogen) atoms. The van der Waals surface area contributed by atoms with E-state index in [1.807, 2.05) is 24.3 Å². The first kappa shape index (κ1) is 14.3. The molecule has 1 N–H and O–H groups in total. The van der Waals surface area contributed by atoms with Crippen molar-refractivity contribution in [3.63, 3.8) is 0 Å². The van der Waals surface area contributed by atoms with Crippen LogP contribution in [0.1, 0.15) is 24.8 Å². The molecule has 110 valence electrons. The van der Waals surface area contributed by atoms with E-state index in [1.165, 1.54) is 0 Å². The predicted molar refractivity (Wildman–Crippen MR) is 82.6 cm³/mol. The number of rotatable bonds is 3. The molecule has 4 nitrogen and oxygen atoms in total. The van der Waals surface area contributed by atoms with Gasteiger partial charge in [0.25, 0.3) is 0 Å². The standard InChI is InChI=1S/C16H16BrNO3/c17-11-4-1-10(2-5-11)3-8-15(19)18-12-6-7-14(18)13(9-12)16(20)21/h1-5,8,12-14H,6-7,9H2,(H,20,21). The Morgan fingerprint density at radius 3 is 2.57 bits per heavy atom. The van der Waals surface area contributed by atoms with Crippen LogP contribution in [0.25, 0.3) is 6.08 Å². The monoisotopic (exact) mass is 349 g/mol. The number of fused-ring (bicyclic) bond motifs is 2. The molecule has 0 radical (unpaired) electrons. The maximum Gasteiger partial charge on any atom is 0.308 e. The third-order valence-electron chi connectivity index (χ3n) is 4.40. The van der Waals surface area contributed by atoms with E-state index in [1.54, 1.807) is 17.1 Å². The molecule has 0 spiro atoms. The van der Waals surface area contributed by atoms with E-state index in [-0.39, 0.29) is 18.0 Å². The second-order valence-corrected chi connectivity index (χ2v) is 6.53. The number of amides is 1. The van der Waals surface area contributed by atoms with Gasteiger partial charge in [-0.3, -0.25) is 9.59 Å². The number of hydrogen-bond donors (Lipinski definition) is 1. The second-order valence-electron chi connectivity index (χ2n) is 5.61. The zero-order chi connectivity index (χ0) is 15.0. The van der Waals surface area contributed by atoms with Gasteiger partial charge in [0, 0.05) is 22.6 Å². The summed E-state index contributed by atoms with van der Waals surface area (Å²) in [7, 11) is 0. The number of hydrogen-bond acceptors (Lipinski definition) is 2. The molecular formula is C16H16BrNO3. The number of benzene rings is 1. The molecule has 0 aromatic heterocycles. The fourth-order valence-corrected chi connectivity index (χ4v) is 3.69. The Morgan fingerprint density at radius 1 is 1.24 bits per heavy atom. The normalized spacial score (nSPS) is 27.5. The average molecular weight is 350 g/mol. The molecule has 1 amide bonds. The van der Waals surface area contributed by atoms with Crippen LogP contribution in [-0.2, 0) is 9.59 Å². The van der Waals surface area contributed by atoms with Crippen molar-refractivity contribution in [2.45, 2.75) is 31.3 Å². The summed E-state index contributed by atoms with van der Waals surface area (Å²) in [5.74, 6) is -1.25. The van der Waals surface area contributed by atoms with Gasteiger partial charge in [0.1, 0.15) is 0 Å². The van der Waals surface area contributed by atoms with E-state index in [9.17, 15) is 14.7 Å². The predicted octanol–water partition coefficient (Wildman–Crippen LogP) is 2.93. The second kappa shape index (κ2) is 5.64. The van der Waals surface area contributed by atoms with E-state index in [0.717, 1.165) is 22.9 Å². The van der Waals surface area contributed by atoms with Crippen LogP contribution in [0.4, 0.5) is 0 Å². The van der Waals surface area contributed by atoms with Gasteiger partial charge in [0.05, 0.1) is 5.92 Å². The lowest BCUT2D eigenvalue weighted by Gasteiger charge is -2.21. The van der Waals surface area contributed by atoms with Crippen LogP contribution >= 0.6 is 15.9 Å². The fourth-order valence-electron chi connectivity index (χ4n) is 3.43. The molecule has 3 atom stereocenters. The van der Waals surface area contributed by atoms with Gasteiger partial charge in [-0.15, -0.1) is 0 Å². The maximum atomic E-state index is 12.4. The number of carboxylic acid groups (broad SMARTS) is 1. The average Bonchev–Trinajstić information content (AvgIpc) is 3.04. The van der Waals surface area contributed by atoms with Gasteiger partial charge >= 0.3 is 5.97 Å². The first-order valence-electron chi connectivity index (χ1n) is 7.05. The Morgan fingerprint density at radius 2 is 1.95 bits per heavy atom. The summed E-state index contributed by atoms with van der Waals surface area (Å²) < 4.78 is 0.993. The van der Waals surface area contributed by atoms with Crippen molar-refractivity contribution in [1.29, 1.82) is 0 Å². The van der Waals surface area contributed by atoms with E-state index in [4.69, 9.17) is 0 Å². The third kappa shape index (κ3) is 2.75. The SMILES string of the molecule is O=C(O)C1CC2CCC1N2C(=O)C=Cc1ccc(Br)cc1. The molecule has 1 aromatic carbocycles.